The van der Waals surface area contributed by atoms with E-state index in [1.54, 1.807) is 23.1 Å². The van der Waals surface area contributed by atoms with Crippen molar-refractivity contribution in [2.45, 2.75) is 57.0 Å². The highest BCUT2D eigenvalue weighted by Gasteiger charge is 2.35. The van der Waals surface area contributed by atoms with Crippen molar-refractivity contribution in [1.29, 1.82) is 0 Å². The molecule has 24 heavy (non-hydrogen) atoms. The molecule has 1 aromatic heterocycles. The van der Waals surface area contributed by atoms with Gasteiger partial charge in [-0.1, -0.05) is 18.2 Å². The predicted molar refractivity (Wildman–Crippen MR) is 95.5 cm³/mol. The van der Waals surface area contributed by atoms with Crippen molar-refractivity contribution in [3.05, 3.63) is 36.4 Å². The molecule has 0 aliphatic heterocycles. The first-order chi connectivity index (χ1) is 11.2. The maximum atomic E-state index is 12.9. The molecule has 0 N–H and O–H groups in total. The number of nitrogens with zero attached hydrogens (tertiary/aromatic N) is 2. The van der Waals surface area contributed by atoms with Crippen LogP contribution in [0.15, 0.2) is 41.4 Å². The SMILES string of the molecule is CC(C)N(C(=O)[C@@H](C)S(=O)(=O)c1ccc2ccccc2n1)C(C)C. The van der Waals surface area contributed by atoms with Crippen LogP contribution in [0.25, 0.3) is 10.9 Å². The Morgan fingerprint density at radius 2 is 1.54 bits per heavy atom. The summed E-state index contributed by atoms with van der Waals surface area (Å²) in [4.78, 5) is 18.6. The number of amides is 1. The van der Waals surface area contributed by atoms with Gasteiger partial charge in [0, 0.05) is 17.5 Å². The summed E-state index contributed by atoms with van der Waals surface area (Å²) >= 11 is 0. The maximum absolute atomic E-state index is 12.9. The van der Waals surface area contributed by atoms with Crippen LogP contribution in [0.4, 0.5) is 0 Å². The Bertz CT molecular complexity index is 836. The molecule has 0 unspecified atom stereocenters. The molecule has 130 valence electrons. The lowest BCUT2D eigenvalue weighted by atomic mass is 10.2. The molecule has 0 aliphatic carbocycles. The molecule has 2 rings (SSSR count). The number of hydrogen-bond acceptors (Lipinski definition) is 4. The van der Waals surface area contributed by atoms with E-state index in [1.807, 2.05) is 39.8 Å². The van der Waals surface area contributed by atoms with Crippen LogP contribution in [0, 0.1) is 0 Å². The van der Waals surface area contributed by atoms with E-state index in [1.165, 1.54) is 13.0 Å². The highest BCUT2D eigenvalue weighted by molar-refractivity contribution is 7.92. The molecule has 6 heteroatoms. The molecule has 2 aromatic rings. The van der Waals surface area contributed by atoms with Crippen LogP contribution in [0.1, 0.15) is 34.6 Å². The van der Waals surface area contributed by atoms with E-state index < -0.39 is 21.0 Å². The Balaban J connectivity index is 2.42. The smallest absolute Gasteiger partial charge is 0.241 e. The second kappa shape index (κ2) is 6.89. The standard InChI is InChI=1S/C18H24N2O3S/c1-12(2)20(13(3)4)18(21)14(5)24(22,23)17-11-10-15-8-6-7-9-16(15)19-17/h6-14H,1-5H3/t14-/m1/s1. The molecule has 0 bridgehead atoms. The third-order valence-corrected chi connectivity index (χ3v) is 5.99. The van der Waals surface area contributed by atoms with Crippen molar-refractivity contribution in [1.82, 2.24) is 9.88 Å². The van der Waals surface area contributed by atoms with Gasteiger partial charge in [0.1, 0.15) is 5.25 Å². The first-order valence-corrected chi connectivity index (χ1v) is 9.62. The summed E-state index contributed by atoms with van der Waals surface area (Å²) < 4.78 is 25.7. The summed E-state index contributed by atoms with van der Waals surface area (Å²) in [6, 6.07) is 10.3. The minimum absolute atomic E-state index is 0.0606. The fourth-order valence-electron chi connectivity index (χ4n) is 2.83. The molecule has 0 fully saturated rings. The number of pyridine rings is 1. The van der Waals surface area contributed by atoms with Gasteiger partial charge in [0.2, 0.25) is 15.7 Å². The molecule has 1 atom stereocenters. The van der Waals surface area contributed by atoms with Crippen LogP contribution in [-0.4, -0.2) is 41.5 Å². The van der Waals surface area contributed by atoms with E-state index in [4.69, 9.17) is 0 Å². The van der Waals surface area contributed by atoms with Crippen molar-refractivity contribution < 1.29 is 13.2 Å². The second-order valence-electron chi connectivity index (χ2n) is 6.46. The zero-order chi connectivity index (χ0) is 18.1. The zero-order valence-electron chi connectivity index (χ0n) is 14.7. The molecule has 1 heterocycles. The number of para-hydroxylation sites is 1. The predicted octanol–water partition coefficient (Wildman–Crippen LogP) is 3.04. The van der Waals surface area contributed by atoms with Gasteiger partial charge < -0.3 is 4.90 Å². The van der Waals surface area contributed by atoms with Gasteiger partial charge >= 0.3 is 0 Å². The van der Waals surface area contributed by atoms with Gasteiger partial charge in [-0.05, 0) is 52.8 Å². The Labute approximate surface area is 143 Å². The highest BCUT2D eigenvalue weighted by atomic mass is 32.2. The second-order valence-corrected chi connectivity index (χ2v) is 8.68. The largest absolute Gasteiger partial charge is 0.337 e. The minimum atomic E-state index is -3.84. The molecular weight excluding hydrogens is 324 g/mol. The summed E-state index contributed by atoms with van der Waals surface area (Å²) in [5, 5.41) is -0.369. The number of hydrogen-bond donors (Lipinski definition) is 0. The van der Waals surface area contributed by atoms with Crippen molar-refractivity contribution in [3.8, 4) is 0 Å². The Morgan fingerprint density at radius 3 is 2.12 bits per heavy atom. The molecule has 0 saturated carbocycles. The van der Waals surface area contributed by atoms with E-state index in [0.717, 1.165) is 5.39 Å². The normalized spacial score (nSPS) is 13.5. The molecule has 1 aromatic carbocycles. The first kappa shape index (κ1) is 18.4. The van der Waals surface area contributed by atoms with Gasteiger partial charge in [-0.15, -0.1) is 0 Å². The van der Waals surface area contributed by atoms with E-state index in [0.29, 0.717) is 5.52 Å². The van der Waals surface area contributed by atoms with E-state index >= 15 is 0 Å². The lowest BCUT2D eigenvalue weighted by Gasteiger charge is -2.32. The number of aromatic nitrogens is 1. The molecule has 5 nitrogen and oxygen atoms in total. The van der Waals surface area contributed by atoms with Gasteiger partial charge in [0.15, 0.2) is 5.03 Å². The zero-order valence-corrected chi connectivity index (χ0v) is 15.5. The molecule has 0 aliphatic rings. The molecule has 1 amide bonds. The van der Waals surface area contributed by atoms with Crippen molar-refractivity contribution in [3.63, 3.8) is 0 Å². The number of rotatable bonds is 5. The fraction of sp³-hybridized carbons (Fsp3) is 0.444. The Hall–Kier alpha value is -1.95. The Kier molecular flexibility index (Phi) is 5.28. The summed E-state index contributed by atoms with van der Waals surface area (Å²) in [6.07, 6.45) is 0. The topological polar surface area (TPSA) is 67.3 Å². The van der Waals surface area contributed by atoms with Gasteiger partial charge in [-0.3, -0.25) is 4.79 Å². The lowest BCUT2D eigenvalue weighted by Crippen LogP contribution is -2.48. The van der Waals surface area contributed by atoms with Crippen LogP contribution in [0.5, 0.6) is 0 Å². The van der Waals surface area contributed by atoms with Gasteiger partial charge in [-0.2, -0.15) is 0 Å². The van der Waals surface area contributed by atoms with E-state index in [2.05, 4.69) is 4.98 Å². The van der Waals surface area contributed by atoms with Gasteiger partial charge in [0.25, 0.3) is 0 Å². The maximum Gasteiger partial charge on any atom is 0.241 e. The molecule has 0 saturated heterocycles. The summed E-state index contributed by atoms with van der Waals surface area (Å²) in [5.74, 6) is -0.394. The van der Waals surface area contributed by atoms with E-state index in [-0.39, 0.29) is 17.1 Å². The van der Waals surface area contributed by atoms with Crippen molar-refractivity contribution >= 4 is 26.6 Å². The number of carbonyl (C=O) groups excluding carboxylic acids is 1. The quantitative estimate of drug-likeness (QED) is 0.833. The monoisotopic (exact) mass is 348 g/mol. The first-order valence-electron chi connectivity index (χ1n) is 8.08. The third-order valence-electron chi connectivity index (χ3n) is 4.04. The number of benzene rings is 1. The number of sulfone groups is 1. The van der Waals surface area contributed by atoms with Crippen LogP contribution in [-0.2, 0) is 14.6 Å². The van der Waals surface area contributed by atoms with Crippen LogP contribution in [0.3, 0.4) is 0 Å². The van der Waals surface area contributed by atoms with Crippen LogP contribution >= 0.6 is 0 Å². The van der Waals surface area contributed by atoms with Gasteiger partial charge in [-0.25, -0.2) is 13.4 Å². The highest BCUT2D eigenvalue weighted by Crippen LogP contribution is 2.21. The number of fused-ring (bicyclic) bond motifs is 1. The Morgan fingerprint density at radius 1 is 0.958 bits per heavy atom. The average Bonchev–Trinajstić information content (AvgIpc) is 2.52. The lowest BCUT2D eigenvalue weighted by molar-refractivity contribution is -0.134. The summed E-state index contributed by atoms with van der Waals surface area (Å²) in [7, 11) is -3.84. The van der Waals surface area contributed by atoms with E-state index in [9.17, 15) is 13.2 Å². The summed E-state index contributed by atoms with van der Waals surface area (Å²) in [6.45, 7) is 8.96. The van der Waals surface area contributed by atoms with Gasteiger partial charge in [0.05, 0.1) is 5.52 Å². The number of carbonyl (C=O) groups is 1. The fourth-order valence-corrected chi connectivity index (χ4v) is 4.07. The molecule has 0 spiro atoms. The molecular formula is C18H24N2O3S. The average molecular weight is 348 g/mol. The van der Waals surface area contributed by atoms with Crippen molar-refractivity contribution in [2.24, 2.45) is 0 Å². The minimum Gasteiger partial charge on any atom is -0.337 e. The van der Waals surface area contributed by atoms with Crippen molar-refractivity contribution in [2.75, 3.05) is 0 Å². The van der Waals surface area contributed by atoms with Crippen LogP contribution < -0.4 is 0 Å². The third kappa shape index (κ3) is 3.43. The molecule has 0 radical (unpaired) electrons. The van der Waals surface area contributed by atoms with Crippen LogP contribution in [0.2, 0.25) is 0 Å². The summed E-state index contributed by atoms with van der Waals surface area (Å²) in [5.41, 5.74) is 0.600.